The van der Waals surface area contributed by atoms with Crippen molar-refractivity contribution < 1.29 is 24.2 Å². The van der Waals surface area contributed by atoms with E-state index in [9.17, 15) is 29.5 Å². The number of esters is 1. The van der Waals surface area contributed by atoms with E-state index < -0.39 is 22.8 Å². The molecule has 2 aromatic rings. The second-order valence-electron chi connectivity index (χ2n) is 20.3. The van der Waals surface area contributed by atoms with Crippen LogP contribution in [0.5, 0.6) is 0 Å². The van der Waals surface area contributed by atoms with Crippen LogP contribution in [0, 0.1) is 62.1 Å². The second-order valence-corrected chi connectivity index (χ2v) is 20.3. The Morgan fingerprint density at radius 2 is 1.62 bits per heavy atom. The molecule has 9 heteroatoms. The van der Waals surface area contributed by atoms with E-state index in [1.165, 1.54) is 5.57 Å². The van der Waals surface area contributed by atoms with E-state index in [2.05, 4.69) is 54.5 Å². The van der Waals surface area contributed by atoms with Crippen molar-refractivity contribution in [3.05, 3.63) is 63.1 Å². The van der Waals surface area contributed by atoms with Crippen molar-refractivity contribution in [1.82, 2.24) is 9.36 Å². The normalized spacial score (nSPS) is 35.3. The third-order valence-electron chi connectivity index (χ3n) is 16.7. The van der Waals surface area contributed by atoms with Gasteiger partial charge in [0.2, 0.25) is 0 Å². The third kappa shape index (κ3) is 5.50. The number of allylic oxidation sites excluding steroid dienone is 2. The van der Waals surface area contributed by atoms with Crippen LogP contribution in [-0.4, -0.2) is 38.3 Å². The van der Waals surface area contributed by atoms with Gasteiger partial charge in [-0.3, -0.25) is 23.9 Å². The minimum absolute atomic E-state index is 0.0134. The molecule has 55 heavy (non-hydrogen) atoms. The summed E-state index contributed by atoms with van der Waals surface area (Å²) >= 11 is 0. The van der Waals surface area contributed by atoms with Gasteiger partial charge in [-0.25, -0.2) is 4.68 Å². The molecule has 0 spiro atoms. The maximum atomic E-state index is 14.3. The maximum Gasteiger partial charge on any atom is 0.309 e. The van der Waals surface area contributed by atoms with Gasteiger partial charge in [0.05, 0.1) is 34.8 Å². The van der Waals surface area contributed by atoms with Crippen LogP contribution in [0.15, 0.2) is 46.3 Å². The summed E-state index contributed by atoms with van der Waals surface area (Å²) in [6, 6.07) is 11.0. The molecule has 5 aliphatic carbocycles. The molecule has 0 amide bonds. The SMILES string of the molecule is CC(C)C1=C2[C@H]3CC[C@@H]4[C@@]5(C)CC[C@H](OC(=O)CC(C)(C)C(=O)O)C(C)(C)[C@@H]5CC[C@@]4(C)[C@]3(C)CC[C@@]2(c2cc(=O)n(-c3ccc(C#N)cc3)n2C)CC1=O. The molecule has 5 aliphatic rings. The number of carboxylic acids is 1. The van der Waals surface area contributed by atoms with Crippen LogP contribution in [0.3, 0.4) is 0 Å². The Labute approximate surface area is 326 Å². The molecule has 0 aliphatic heterocycles. The minimum atomic E-state index is -1.18. The summed E-state index contributed by atoms with van der Waals surface area (Å²) < 4.78 is 9.83. The van der Waals surface area contributed by atoms with Gasteiger partial charge in [-0.2, -0.15) is 5.26 Å². The zero-order chi connectivity index (χ0) is 40.3. The Bertz CT molecular complexity index is 2080. The fraction of sp³-hybridized carbons (Fsp3) is 0.674. The first kappa shape index (κ1) is 39.3. The lowest BCUT2D eigenvalue weighted by atomic mass is 9.33. The first-order chi connectivity index (χ1) is 25.6. The zero-order valence-electron chi connectivity index (χ0n) is 34.7. The molecule has 9 nitrogen and oxygen atoms in total. The number of hydrogen-bond donors (Lipinski definition) is 1. The highest BCUT2D eigenvalue weighted by molar-refractivity contribution is 6.01. The highest BCUT2D eigenvalue weighted by Gasteiger charge is 2.70. The Morgan fingerprint density at radius 1 is 0.945 bits per heavy atom. The van der Waals surface area contributed by atoms with Gasteiger partial charge < -0.3 is 9.84 Å². The number of benzene rings is 1. The number of ether oxygens (including phenoxy) is 1. The van der Waals surface area contributed by atoms with Gasteiger partial charge in [0.1, 0.15) is 6.10 Å². The standard InChI is InChI=1S/C46H61N3O6/c1-27(2)38-31(50)24-46(34-23-36(51)49(48(34)10)29-13-11-28(26-47)12-14-29)22-21-44(8)30(39(38)46)15-16-33-43(7)19-18-35(55-37(52)25-41(3,4)40(53)54)42(5,6)32(43)17-20-45(33,44)9/h11-14,23,27,30,32-33,35H,15-22,24-25H2,1-10H3,(H,53,54)/t30-,32+,33-,35+,43+,44-,45-,46+/m1/s1. The van der Waals surface area contributed by atoms with Crippen LogP contribution in [0.2, 0.25) is 0 Å². The number of ketones is 1. The largest absolute Gasteiger partial charge is 0.481 e. The van der Waals surface area contributed by atoms with Gasteiger partial charge in [-0.05, 0) is 141 Å². The summed E-state index contributed by atoms with van der Waals surface area (Å²) in [6.45, 7) is 19.6. The fourth-order valence-electron chi connectivity index (χ4n) is 13.7. The smallest absolute Gasteiger partial charge is 0.309 e. The van der Waals surface area contributed by atoms with Crippen LogP contribution in [0.4, 0.5) is 0 Å². The molecule has 0 bridgehead atoms. The van der Waals surface area contributed by atoms with E-state index in [0.717, 1.165) is 62.6 Å². The molecule has 296 valence electrons. The Hall–Kier alpha value is -3.93. The average molecular weight is 752 g/mol. The average Bonchev–Trinajstić information content (AvgIpc) is 3.58. The molecule has 4 saturated carbocycles. The molecule has 0 saturated heterocycles. The lowest BCUT2D eigenvalue weighted by Crippen LogP contribution is -2.66. The Morgan fingerprint density at radius 3 is 2.24 bits per heavy atom. The number of fused-ring (bicyclic) bond motifs is 7. The second kappa shape index (κ2) is 12.8. The number of aromatic nitrogens is 2. The monoisotopic (exact) mass is 751 g/mol. The quantitative estimate of drug-likeness (QED) is 0.280. The summed E-state index contributed by atoms with van der Waals surface area (Å²) in [6.07, 6.45) is 7.60. The van der Waals surface area contributed by atoms with Crippen molar-refractivity contribution in [1.29, 1.82) is 5.26 Å². The maximum absolute atomic E-state index is 14.3. The topological polar surface area (TPSA) is 131 Å². The van der Waals surface area contributed by atoms with Gasteiger partial charge in [-0.1, -0.05) is 48.5 Å². The zero-order valence-corrected chi connectivity index (χ0v) is 34.7. The van der Waals surface area contributed by atoms with Crippen molar-refractivity contribution in [3.8, 4) is 11.8 Å². The molecule has 4 fully saturated rings. The summed E-state index contributed by atoms with van der Waals surface area (Å²) in [5, 5.41) is 19.0. The number of nitriles is 1. The van der Waals surface area contributed by atoms with Crippen molar-refractivity contribution in [2.24, 2.45) is 57.8 Å². The van der Waals surface area contributed by atoms with Gasteiger partial charge in [-0.15, -0.1) is 0 Å². The number of hydrogen-bond acceptors (Lipinski definition) is 6. The van der Waals surface area contributed by atoms with E-state index in [1.807, 2.05) is 23.9 Å². The predicted molar refractivity (Wildman–Crippen MR) is 210 cm³/mol. The highest BCUT2D eigenvalue weighted by atomic mass is 16.5. The minimum Gasteiger partial charge on any atom is -0.481 e. The van der Waals surface area contributed by atoms with E-state index in [0.29, 0.717) is 29.5 Å². The van der Waals surface area contributed by atoms with Gasteiger partial charge >= 0.3 is 11.9 Å². The Balaban J connectivity index is 1.24. The Kier molecular flexibility index (Phi) is 9.14. The van der Waals surface area contributed by atoms with Crippen LogP contribution in [0.25, 0.3) is 5.69 Å². The lowest BCUT2D eigenvalue weighted by Gasteiger charge is -2.72. The van der Waals surface area contributed by atoms with Gasteiger partial charge in [0, 0.05) is 30.4 Å². The van der Waals surface area contributed by atoms with Crippen LogP contribution < -0.4 is 5.56 Å². The molecular weight excluding hydrogens is 691 g/mol. The number of carboxylic acid groups (broad SMARTS) is 1. The molecule has 7 rings (SSSR count). The van der Waals surface area contributed by atoms with Crippen molar-refractivity contribution in [3.63, 3.8) is 0 Å². The predicted octanol–water partition coefficient (Wildman–Crippen LogP) is 8.69. The molecule has 1 aromatic heterocycles. The number of Topliss-reactive ketones (excluding diaryl/α,β-unsaturated/α-hetero) is 1. The van der Waals surface area contributed by atoms with Crippen molar-refractivity contribution >= 4 is 17.7 Å². The summed E-state index contributed by atoms with van der Waals surface area (Å²) in [5.74, 6) is -0.132. The fourth-order valence-corrected chi connectivity index (χ4v) is 13.7. The van der Waals surface area contributed by atoms with Gasteiger partial charge in [0.25, 0.3) is 5.56 Å². The summed E-state index contributed by atoms with van der Waals surface area (Å²) in [5.41, 5.74) is 2.27. The van der Waals surface area contributed by atoms with Crippen molar-refractivity contribution in [2.45, 2.75) is 138 Å². The molecule has 1 heterocycles. The van der Waals surface area contributed by atoms with E-state index in [1.54, 1.807) is 36.7 Å². The molecular formula is C46H61N3O6. The number of aliphatic carboxylic acids is 1. The number of nitrogens with zero attached hydrogens (tertiary/aromatic N) is 3. The summed E-state index contributed by atoms with van der Waals surface area (Å²) in [4.78, 5) is 53.1. The van der Waals surface area contributed by atoms with E-state index in [-0.39, 0.29) is 57.4 Å². The van der Waals surface area contributed by atoms with E-state index >= 15 is 0 Å². The molecule has 0 unspecified atom stereocenters. The number of rotatable bonds is 7. The number of carbonyl (C=O) groups is 3. The van der Waals surface area contributed by atoms with E-state index in [4.69, 9.17) is 4.74 Å². The van der Waals surface area contributed by atoms with Crippen LogP contribution >= 0.6 is 0 Å². The first-order valence-electron chi connectivity index (χ1n) is 20.6. The van der Waals surface area contributed by atoms with Gasteiger partial charge in [0.15, 0.2) is 5.78 Å². The first-order valence-corrected chi connectivity index (χ1v) is 20.6. The molecule has 8 atom stereocenters. The molecule has 1 aromatic carbocycles. The highest BCUT2D eigenvalue weighted by Crippen LogP contribution is 2.76. The van der Waals surface area contributed by atoms with Crippen molar-refractivity contribution in [2.75, 3.05) is 0 Å². The lowest BCUT2D eigenvalue weighted by molar-refractivity contribution is -0.232. The van der Waals surface area contributed by atoms with Crippen LogP contribution in [-0.2, 0) is 31.6 Å². The summed E-state index contributed by atoms with van der Waals surface area (Å²) in [7, 11) is 1.94. The van der Waals surface area contributed by atoms with Crippen LogP contribution in [0.1, 0.15) is 138 Å². The molecule has 1 N–H and O–H groups in total. The third-order valence-corrected chi connectivity index (χ3v) is 16.7. The molecule has 0 radical (unpaired) electrons. The number of carbonyl (C=O) groups excluding carboxylic acids is 2.